The predicted octanol–water partition coefficient (Wildman–Crippen LogP) is 3.59. The number of benzene rings is 1. The maximum Gasteiger partial charge on any atom is 0.419 e. The Balaban J connectivity index is 2.02. The van der Waals surface area contributed by atoms with Gasteiger partial charge in [-0.2, -0.15) is 13.2 Å². The average molecular weight is 316 g/mol. The molecule has 1 heterocycles. The van der Waals surface area contributed by atoms with Crippen molar-refractivity contribution in [2.45, 2.75) is 31.5 Å². The van der Waals surface area contributed by atoms with Crippen molar-refractivity contribution in [2.24, 2.45) is 5.92 Å². The Kier molecular flexibility index (Phi) is 4.41. The molecule has 1 saturated heterocycles. The van der Waals surface area contributed by atoms with Crippen LogP contribution in [0.25, 0.3) is 0 Å². The Morgan fingerprint density at radius 3 is 2.36 bits per heavy atom. The first-order chi connectivity index (χ1) is 10.5. The molecule has 122 valence electrons. The summed E-state index contributed by atoms with van der Waals surface area (Å²) in [5.74, 6) is -0.967. The summed E-state index contributed by atoms with van der Waals surface area (Å²) in [7, 11) is 0. The molecule has 1 N–H and O–H groups in total. The Hall–Kier alpha value is -1.14. The molecule has 0 amide bonds. The lowest BCUT2D eigenvalue weighted by molar-refractivity contribution is -0.141. The van der Waals surface area contributed by atoms with Crippen molar-refractivity contribution in [3.63, 3.8) is 0 Å². The number of piperazine rings is 1. The second kappa shape index (κ2) is 6.16. The van der Waals surface area contributed by atoms with Gasteiger partial charge in [-0.3, -0.25) is 4.90 Å². The Bertz CT molecular complexity index is 519. The smallest absolute Gasteiger partial charge is 0.314 e. The first-order valence-electron chi connectivity index (χ1n) is 7.79. The Morgan fingerprint density at radius 1 is 1.14 bits per heavy atom. The van der Waals surface area contributed by atoms with Crippen molar-refractivity contribution >= 4 is 0 Å². The zero-order valence-electron chi connectivity index (χ0n) is 12.3. The standard InChI is InChI=1S/C16H20F4N2/c17-13-6-2-5-12(14(13)16(18,19)20)15(11-3-1-4-11)22-9-7-21-8-10-22/h2,5-6,11,15,21H,1,3-4,7-10H2/t15-/m0/s1. The molecule has 2 nitrogen and oxygen atoms in total. The van der Waals surface area contributed by atoms with E-state index in [9.17, 15) is 17.6 Å². The van der Waals surface area contributed by atoms with Gasteiger partial charge in [0.25, 0.3) is 0 Å². The van der Waals surface area contributed by atoms with Gasteiger partial charge in [-0.25, -0.2) is 4.39 Å². The second-order valence-electron chi connectivity index (χ2n) is 6.12. The molecule has 0 unspecified atom stereocenters. The van der Waals surface area contributed by atoms with Crippen LogP contribution >= 0.6 is 0 Å². The summed E-state index contributed by atoms with van der Waals surface area (Å²) in [4.78, 5) is 2.09. The molecule has 3 rings (SSSR count). The van der Waals surface area contributed by atoms with Crippen molar-refractivity contribution < 1.29 is 17.6 Å². The van der Waals surface area contributed by atoms with E-state index in [2.05, 4.69) is 10.2 Å². The van der Waals surface area contributed by atoms with Gasteiger partial charge in [0.2, 0.25) is 0 Å². The van der Waals surface area contributed by atoms with E-state index in [4.69, 9.17) is 0 Å². The molecule has 1 aliphatic heterocycles. The lowest BCUT2D eigenvalue weighted by atomic mass is 9.75. The van der Waals surface area contributed by atoms with Gasteiger partial charge in [0.05, 0.1) is 5.56 Å². The van der Waals surface area contributed by atoms with Crippen molar-refractivity contribution in [2.75, 3.05) is 26.2 Å². The monoisotopic (exact) mass is 316 g/mol. The van der Waals surface area contributed by atoms with E-state index in [1.165, 1.54) is 12.1 Å². The molecule has 1 aromatic rings. The zero-order valence-corrected chi connectivity index (χ0v) is 12.3. The summed E-state index contributed by atoms with van der Waals surface area (Å²) in [6.45, 7) is 2.93. The minimum absolute atomic E-state index is 0.110. The molecular formula is C16H20F4N2. The maximum absolute atomic E-state index is 13.9. The van der Waals surface area contributed by atoms with Gasteiger partial charge in [0.15, 0.2) is 0 Å². The van der Waals surface area contributed by atoms with Crippen LogP contribution in [0.1, 0.15) is 36.4 Å². The molecule has 22 heavy (non-hydrogen) atoms. The fraction of sp³-hybridized carbons (Fsp3) is 0.625. The fourth-order valence-corrected chi connectivity index (χ4v) is 3.55. The first kappa shape index (κ1) is 15.7. The minimum atomic E-state index is -4.66. The molecule has 0 bridgehead atoms. The minimum Gasteiger partial charge on any atom is -0.314 e. The molecule has 6 heteroatoms. The van der Waals surface area contributed by atoms with E-state index in [0.717, 1.165) is 38.4 Å². The highest BCUT2D eigenvalue weighted by atomic mass is 19.4. The SMILES string of the molecule is Fc1cccc([C@H](C2CCC2)N2CCNCC2)c1C(F)(F)F. The van der Waals surface area contributed by atoms with E-state index < -0.39 is 17.6 Å². The number of nitrogens with zero attached hydrogens (tertiary/aromatic N) is 1. The second-order valence-corrected chi connectivity index (χ2v) is 6.12. The van der Waals surface area contributed by atoms with Crippen molar-refractivity contribution in [3.8, 4) is 0 Å². The Morgan fingerprint density at radius 2 is 1.82 bits per heavy atom. The number of alkyl halides is 3. The highest BCUT2D eigenvalue weighted by Gasteiger charge is 2.42. The third-order valence-corrected chi connectivity index (χ3v) is 4.79. The molecule has 1 aliphatic carbocycles. The molecular weight excluding hydrogens is 296 g/mol. The van der Waals surface area contributed by atoms with Gasteiger partial charge in [-0.15, -0.1) is 0 Å². The summed E-state index contributed by atoms with van der Waals surface area (Å²) in [5, 5.41) is 3.21. The Labute approximate surface area is 127 Å². The van der Waals surface area contributed by atoms with Crippen molar-refractivity contribution in [1.82, 2.24) is 10.2 Å². The average Bonchev–Trinajstić information content (AvgIpc) is 2.42. The number of hydrogen-bond donors (Lipinski definition) is 1. The normalized spacial score (nSPS) is 22.4. The van der Waals surface area contributed by atoms with E-state index in [1.54, 1.807) is 0 Å². The summed E-state index contributed by atoms with van der Waals surface area (Å²) >= 11 is 0. The lowest BCUT2D eigenvalue weighted by Crippen LogP contribution is -2.48. The van der Waals surface area contributed by atoms with E-state index in [1.807, 2.05) is 0 Å². The van der Waals surface area contributed by atoms with Crippen LogP contribution in [-0.2, 0) is 6.18 Å². The van der Waals surface area contributed by atoms with Gasteiger partial charge in [-0.1, -0.05) is 18.6 Å². The summed E-state index contributed by atoms with van der Waals surface area (Å²) in [6, 6.07) is 3.43. The molecule has 2 aliphatic rings. The van der Waals surface area contributed by atoms with Crippen LogP contribution < -0.4 is 5.32 Å². The third-order valence-electron chi connectivity index (χ3n) is 4.79. The summed E-state index contributed by atoms with van der Waals surface area (Å²) < 4.78 is 54.0. The van der Waals surface area contributed by atoms with Gasteiger partial charge >= 0.3 is 6.18 Å². The van der Waals surface area contributed by atoms with Gasteiger partial charge in [0.1, 0.15) is 5.82 Å². The molecule has 2 fully saturated rings. The fourth-order valence-electron chi connectivity index (χ4n) is 3.55. The number of hydrogen-bond acceptors (Lipinski definition) is 2. The number of nitrogens with one attached hydrogen (secondary N) is 1. The highest BCUT2D eigenvalue weighted by molar-refractivity contribution is 5.34. The number of halogens is 4. The van der Waals surface area contributed by atoms with Gasteiger partial charge in [-0.05, 0) is 30.4 Å². The summed E-state index contributed by atoms with van der Waals surface area (Å²) in [6.07, 6.45) is -1.77. The molecule has 0 aromatic heterocycles. The predicted molar refractivity (Wildman–Crippen MR) is 75.9 cm³/mol. The van der Waals surface area contributed by atoms with E-state index >= 15 is 0 Å². The molecule has 0 spiro atoms. The van der Waals surface area contributed by atoms with Crippen LogP contribution in [0.15, 0.2) is 18.2 Å². The maximum atomic E-state index is 13.9. The van der Waals surface area contributed by atoms with Crippen LogP contribution in [0, 0.1) is 11.7 Å². The van der Waals surface area contributed by atoms with Crippen LogP contribution in [0.4, 0.5) is 17.6 Å². The van der Waals surface area contributed by atoms with Crippen LogP contribution in [0.2, 0.25) is 0 Å². The topological polar surface area (TPSA) is 15.3 Å². The molecule has 1 atom stereocenters. The van der Waals surface area contributed by atoms with Crippen LogP contribution in [-0.4, -0.2) is 31.1 Å². The van der Waals surface area contributed by atoms with Crippen LogP contribution in [0.3, 0.4) is 0 Å². The molecule has 1 aromatic carbocycles. The van der Waals surface area contributed by atoms with Gasteiger partial charge in [0, 0.05) is 32.2 Å². The van der Waals surface area contributed by atoms with Crippen LogP contribution in [0.5, 0.6) is 0 Å². The molecule has 0 radical (unpaired) electrons. The molecule has 1 saturated carbocycles. The quantitative estimate of drug-likeness (QED) is 0.857. The largest absolute Gasteiger partial charge is 0.419 e. The lowest BCUT2D eigenvalue weighted by Gasteiger charge is -2.44. The van der Waals surface area contributed by atoms with E-state index in [0.29, 0.717) is 13.1 Å². The zero-order chi connectivity index (χ0) is 15.7. The van der Waals surface area contributed by atoms with Crippen molar-refractivity contribution in [1.29, 1.82) is 0 Å². The van der Waals surface area contributed by atoms with E-state index in [-0.39, 0.29) is 17.5 Å². The third kappa shape index (κ3) is 2.99. The highest BCUT2D eigenvalue weighted by Crippen LogP contribution is 2.46. The summed E-state index contributed by atoms with van der Waals surface area (Å²) in [5.41, 5.74) is -0.968. The first-order valence-corrected chi connectivity index (χ1v) is 7.79. The van der Waals surface area contributed by atoms with Crippen molar-refractivity contribution in [3.05, 3.63) is 35.1 Å². The number of rotatable bonds is 3. The van der Waals surface area contributed by atoms with Gasteiger partial charge < -0.3 is 5.32 Å².